The van der Waals surface area contributed by atoms with E-state index in [0.29, 0.717) is 17.9 Å². The number of hydrogen-bond donors (Lipinski definition) is 1. The smallest absolute Gasteiger partial charge is 0.161 e. The topological polar surface area (TPSA) is 59.9 Å². The maximum atomic E-state index is 12.6. The van der Waals surface area contributed by atoms with Crippen molar-refractivity contribution in [1.82, 2.24) is 5.43 Å². The molecule has 0 aromatic heterocycles. The maximum absolute atomic E-state index is 12.6. The van der Waals surface area contributed by atoms with Gasteiger partial charge in [-0.25, -0.2) is 0 Å². The molecule has 1 saturated carbocycles. The highest BCUT2D eigenvalue weighted by atomic mass is 16.5. The van der Waals surface area contributed by atoms with Crippen LogP contribution < -0.4 is 14.9 Å². The van der Waals surface area contributed by atoms with Crippen LogP contribution in [0.25, 0.3) is 0 Å². The number of rotatable bonds is 3. The predicted octanol–water partition coefficient (Wildman–Crippen LogP) is 2.39. The highest BCUT2D eigenvalue weighted by Crippen LogP contribution is 2.40. The van der Waals surface area contributed by atoms with Gasteiger partial charge in [0.2, 0.25) is 0 Å². The van der Waals surface area contributed by atoms with Crippen LogP contribution in [-0.2, 0) is 4.79 Å². The van der Waals surface area contributed by atoms with Gasteiger partial charge in [0.25, 0.3) is 0 Å². The van der Waals surface area contributed by atoms with Crippen LogP contribution in [0, 0.1) is 11.3 Å². The van der Waals surface area contributed by atoms with Crippen molar-refractivity contribution < 1.29 is 14.3 Å². The fourth-order valence-corrected chi connectivity index (χ4v) is 3.52. The van der Waals surface area contributed by atoms with Gasteiger partial charge in [-0.1, -0.05) is 13.8 Å². The first-order valence-electron chi connectivity index (χ1n) is 7.53. The average molecular weight is 302 g/mol. The molecule has 0 radical (unpaired) electrons. The summed E-state index contributed by atoms with van der Waals surface area (Å²) in [5.74, 6) is 1.42. The molecule has 1 aliphatic heterocycles. The lowest BCUT2D eigenvalue weighted by atomic mass is 9.68. The molecule has 1 N–H and O–H groups in total. The summed E-state index contributed by atoms with van der Waals surface area (Å²) in [7, 11) is 3.21. The van der Waals surface area contributed by atoms with E-state index in [4.69, 9.17) is 9.47 Å². The Morgan fingerprint density at radius 3 is 2.64 bits per heavy atom. The van der Waals surface area contributed by atoms with Gasteiger partial charge in [-0.3, -0.25) is 4.79 Å². The molecule has 2 aliphatic rings. The summed E-state index contributed by atoms with van der Waals surface area (Å²) in [4.78, 5) is 12.6. The van der Waals surface area contributed by atoms with E-state index in [1.807, 2.05) is 18.2 Å². The molecule has 2 atom stereocenters. The van der Waals surface area contributed by atoms with Crippen LogP contribution in [0.15, 0.2) is 23.3 Å². The Kier molecular flexibility index (Phi) is 3.59. The average Bonchev–Trinajstić information content (AvgIpc) is 2.89. The number of methoxy groups -OCH3 is 2. The number of hydrazone groups is 1. The number of nitrogens with one attached hydrogen (secondary N) is 1. The zero-order valence-electron chi connectivity index (χ0n) is 13.5. The van der Waals surface area contributed by atoms with E-state index in [1.165, 1.54) is 0 Å². The molecule has 1 aromatic carbocycles. The Balaban J connectivity index is 1.92. The molecule has 1 heterocycles. The number of carbonyl (C=O) groups excluding carboxylic acids is 1. The lowest BCUT2D eigenvalue weighted by Crippen LogP contribution is -2.45. The van der Waals surface area contributed by atoms with E-state index in [2.05, 4.69) is 24.4 Å². The highest BCUT2D eigenvalue weighted by Gasteiger charge is 2.46. The van der Waals surface area contributed by atoms with Gasteiger partial charge < -0.3 is 14.9 Å². The fourth-order valence-electron chi connectivity index (χ4n) is 3.52. The minimum Gasteiger partial charge on any atom is -0.493 e. The summed E-state index contributed by atoms with van der Waals surface area (Å²) in [6.07, 6.45) is 1.55. The van der Waals surface area contributed by atoms with Crippen LogP contribution in [0.2, 0.25) is 0 Å². The van der Waals surface area contributed by atoms with Crippen LogP contribution >= 0.6 is 0 Å². The molecule has 1 aliphatic carbocycles. The summed E-state index contributed by atoms with van der Waals surface area (Å²) in [5, 5.41) is 4.45. The first-order valence-corrected chi connectivity index (χ1v) is 7.53. The molecule has 3 rings (SSSR count). The van der Waals surface area contributed by atoms with Crippen LogP contribution in [0.4, 0.5) is 0 Å². The molecule has 22 heavy (non-hydrogen) atoms. The Bertz CT molecular complexity index is 637. The summed E-state index contributed by atoms with van der Waals surface area (Å²) >= 11 is 0. The van der Waals surface area contributed by atoms with E-state index >= 15 is 0 Å². The largest absolute Gasteiger partial charge is 0.493 e. The molecular weight excluding hydrogens is 280 g/mol. The number of fused-ring (bicyclic) bond motifs is 1. The zero-order valence-corrected chi connectivity index (χ0v) is 13.5. The van der Waals surface area contributed by atoms with Gasteiger partial charge in [0.05, 0.1) is 31.9 Å². The molecule has 0 bridgehead atoms. The molecule has 5 heteroatoms. The number of nitrogens with zero attached hydrogens (tertiary/aromatic N) is 1. The second kappa shape index (κ2) is 5.30. The molecule has 118 valence electrons. The van der Waals surface area contributed by atoms with Crippen molar-refractivity contribution in [3.8, 4) is 11.5 Å². The van der Waals surface area contributed by atoms with Gasteiger partial charge >= 0.3 is 0 Å². The van der Waals surface area contributed by atoms with Gasteiger partial charge in [0.1, 0.15) is 5.78 Å². The fraction of sp³-hybridized carbons (Fsp3) is 0.529. The van der Waals surface area contributed by atoms with Gasteiger partial charge in [-0.05, 0) is 30.0 Å². The summed E-state index contributed by atoms with van der Waals surface area (Å²) < 4.78 is 10.6. The molecule has 1 fully saturated rings. The Hall–Kier alpha value is -2.04. The third-order valence-corrected chi connectivity index (χ3v) is 4.50. The van der Waals surface area contributed by atoms with Gasteiger partial charge in [-0.2, -0.15) is 5.10 Å². The second-order valence-electron chi connectivity index (χ2n) is 6.79. The van der Waals surface area contributed by atoms with E-state index in [0.717, 1.165) is 17.7 Å². The van der Waals surface area contributed by atoms with E-state index < -0.39 is 0 Å². The van der Waals surface area contributed by atoms with Crippen molar-refractivity contribution in [3.05, 3.63) is 23.8 Å². The van der Waals surface area contributed by atoms with E-state index in [9.17, 15) is 4.79 Å². The minimum atomic E-state index is -0.161. The molecule has 5 nitrogen and oxygen atoms in total. The lowest BCUT2D eigenvalue weighted by Gasteiger charge is -2.36. The third kappa shape index (κ3) is 2.45. The number of carbonyl (C=O) groups is 1. The van der Waals surface area contributed by atoms with Gasteiger partial charge in [-0.15, -0.1) is 0 Å². The maximum Gasteiger partial charge on any atom is 0.161 e. The Morgan fingerprint density at radius 2 is 1.95 bits per heavy atom. The van der Waals surface area contributed by atoms with Crippen molar-refractivity contribution in [1.29, 1.82) is 0 Å². The Labute approximate surface area is 130 Å². The monoisotopic (exact) mass is 302 g/mol. The molecule has 0 amide bonds. The molecule has 0 spiro atoms. The molecule has 1 aromatic rings. The first-order chi connectivity index (χ1) is 10.4. The van der Waals surface area contributed by atoms with Crippen LogP contribution in [-0.4, -0.2) is 31.8 Å². The molecule has 0 saturated heterocycles. The minimum absolute atomic E-state index is 0.0355. The van der Waals surface area contributed by atoms with Gasteiger partial charge in [0, 0.05) is 12.0 Å². The van der Waals surface area contributed by atoms with Gasteiger partial charge in [0.15, 0.2) is 11.5 Å². The molecular formula is C17H22N2O3. The number of hydrogen-bond acceptors (Lipinski definition) is 5. The van der Waals surface area contributed by atoms with Crippen LogP contribution in [0.1, 0.15) is 32.3 Å². The van der Waals surface area contributed by atoms with E-state index in [1.54, 1.807) is 14.2 Å². The summed E-state index contributed by atoms with van der Waals surface area (Å²) in [6, 6.07) is 5.76. The zero-order chi connectivity index (χ0) is 15.9. The van der Waals surface area contributed by atoms with Crippen molar-refractivity contribution in [3.63, 3.8) is 0 Å². The van der Waals surface area contributed by atoms with Crippen LogP contribution in [0.5, 0.6) is 11.5 Å². The highest BCUT2D eigenvalue weighted by molar-refractivity contribution is 6.15. The van der Waals surface area contributed by atoms with Crippen molar-refractivity contribution >= 4 is 11.5 Å². The quantitative estimate of drug-likeness (QED) is 0.931. The number of benzene rings is 1. The lowest BCUT2D eigenvalue weighted by molar-refractivity contribution is -0.126. The Morgan fingerprint density at radius 1 is 1.23 bits per heavy atom. The van der Waals surface area contributed by atoms with Crippen molar-refractivity contribution in [2.75, 3.05) is 14.2 Å². The van der Waals surface area contributed by atoms with Crippen LogP contribution in [0.3, 0.4) is 0 Å². The predicted molar refractivity (Wildman–Crippen MR) is 84.5 cm³/mol. The standard InChI is InChI=1S/C17H22N2O3/c1-17(2)8-11-15(12(20)9-17)16(19-18-11)10-5-6-13(21-3)14(7-10)22-4/h5-7,11,15,18H,8-9H2,1-4H3/t11-,15+/m0/s1. The summed E-state index contributed by atoms with van der Waals surface area (Å²) in [5.41, 5.74) is 4.91. The van der Waals surface area contributed by atoms with Crippen molar-refractivity contribution in [2.24, 2.45) is 16.4 Å². The SMILES string of the molecule is COc1ccc(C2=NN[C@H]3CC(C)(C)CC(=O)[C@H]23)cc1OC. The second-order valence-corrected chi connectivity index (χ2v) is 6.79. The summed E-state index contributed by atoms with van der Waals surface area (Å²) in [6.45, 7) is 4.27. The normalized spacial score (nSPS) is 26.0. The number of ketones is 1. The third-order valence-electron chi connectivity index (χ3n) is 4.50. The number of ether oxygens (including phenoxy) is 2. The number of Topliss-reactive ketones (excluding diaryl/α,β-unsaturated/α-hetero) is 1. The first kappa shape index (κ1) is 14.9. The molecule has 0 unspecified atom stereocenters. The van der Waals surface area contributed by atoms with Crippen molar-refractivity contribution in [2.45, 2.75) is 32.7 Å². The van der Waals surface area contributed by atoms with E-state index in [-0.39, 0.29) is 23.2 Å².